The van der Waals surface area contributed by atoms with Gasteiger partial charge in [-0.15, -0.1) is 11.8 Å². The summed E-state index contributed by atoms with van der Waals surface area (Å²) in [7, 11) is 0. The molecule has 0 heterocycles. The maximum Gasteiger partial charge on any atom is 0.242 e. The van der Waals surface area contributed by atoms with Crippen molar-refractivity contribution in [3.63, 3.8) is 0 Å². The molecule has 6 heteroatoms. The van der Waals surface area contributed by atoms with Gasteiger partial charge >= 0.3 is 0 Å². The topological polar surface area (TPSA) is 67.2 Å². The fourth-order valence-electron chi connectivity index (χ4n) is 1.83. The lowest BCUT2D eigenvalue weighted by molar-refractivity contribution is -0.121. The van der Waals surface area contributed by atoms with E-state index in [4.69, 9.17) is 18.0 Å². The molecule has 0 fully saturated rings. The molecule has 0 aliphatic rings. The van der Waals surface area contributed by atoms with Crippen LogP contribution in [0, 0.1) is 5.92 Å². The number of thiocarbonyl (C=S) groups is 1. The third-order valence-corrected chi connectivity index (χ3v) is 3.93. The zero-order valence-corrected chi connectivity index (χ0v) is 14.5. The van der Waals surface area contributed by atoms with Crippen LogP contribution in [0.3, 0.4) is 0 Å². The van der Waals surface area contributed by atoms with Crippen LogP contribution >= 0.6 is 24.0 Å². The Morgan fingerprint density at radius 2 is 2.05 bits per heavy atom. The summed E-state index contributed by atoms with van der Waals surface area (Å²) in [4.78, 5) is 13.4. The molecule has 1 aromatic carbocycles. The van der Waals surface area contributed by atoms with E-state index in [-0.39, 0.29) is 11.9 Å². The van der Waals surface area contributed by atoms with Crippen molar-refractivity contribution in [3.05, 3.63) is 23.8 Å². The maximum atomic E-state index is 12.0. The summed E-state index contributed by atoms with van der Waals surface area (Å²) < 4.78 is 0. The van der Waals surface area contributed by atoms with E-state index in [9.17, 15) is 4.79 Å². The Balaban J connectivity index is 2.87. The van der Waals surface area contributed by atoms with Crippen molar-refractivity contribution in [1.29, 1.82) is 0 Å². The summed E-state index contributed by atoms with van der Waals surface area (Å²) in [5.41, 5.74) is 7.41. The number of hydrogen-bond acceptors (Lipinski definition) is 4. The first-order valence-corrected chi connectivity index (χ1v) is 8.51. The number of benzene rings is 1. The summed E-state index contributed by atoms with van der Waals surface area (Å²) in [5.74, 6) is 0.389. The largest absolute Gasteiger partial charge is 0.389 e. The van der Waals surface area contributed by atoms with Crippen molar-refractivity contribution in [2.75, 3.05) is 18.1 Å². The normalized spacial score (nSPS) is 12.0. The van der Waals surface area contributed by atoms with Crippen LogP contribution < -0.4 is 16.4 Å². The molecule has 0 aliphatic carbocycles. The minimum Gasteiger partial charge on any atom is -0.389 e. The van der Waals surface area contributed by atoms with Gasteiger partial charge in [0, 0.05) is 22.7 Å². The van der Waals surface area contributed by atoms with Crippen LogP contribution in [0.1, 0.15) is 26.3 Å². The minimum absolute atomic E-state index is 0.0351. The van der Waals surface area contributed by atoms with E-state index in [1.807, 2.05) is 31.4 Å². The molecule has 1 unspecified atom stereocenters. The predicted octanol–water partition coefficient (Wildman–Crippen LogP) is 2.62. The van der Waals surface area contributed by atoms with Crippen molar-refractivity contribution >= 4 is 40.6 Å². The first-order chi connectivity index (χ1) is 9.86. The lowest BCUT2D eigenvalue weighted by Crippen LogP contribution is -2.39. The molecule has 0 saturated carbocycles. The standard InChI is InChI=1S/C15H23N3OS2/c1-9(2)8-17-15(19)10(3)18-11-6-5-7-12(21-4)13(11)14(16)20/h5-7,9-10,18H,8H2,1-4H3,(H2,16,20)(H,17,19). The SMILES string of the molecule is CSc1cccc(NC(C)C(=O)NCC(C)C)c1C(N)=S. The van der Waals surface area contributed by atoms with Crippen LogP contribution in [0.5, 0.6) is 0 Å². The van der Waals surface area contributed by atoms with Crippen LogP contribution in [0.15, 0.2) is 23.1 Å². The smallest absolute Gasteiger partial charge is 0.242 e. The van der Waals surface area contributed by atoms with Crippen molar-refractivity contribution in [2.24, 2.45) is 11.7 Å². The first-order valence-electron chi connectivity index (χ1n) is 6.87. The molecule has 1 aromatic rings. The zero-order chi connectivity index (χ0) is 16.0. The van der Waals surface area contributed by atoms with Gasteiger partial charge in [-0.05, 0) is 31.2 Å². The summed E-state index contributed by atoms with van der Waals surface area (Å²) >= 11 is 6.71. The molecule has 0 radical (unpaired) electrons. The van der Waals surface area contributed by atoms with E-state index in [0.717, 1.165) is 16.1 Å². The van der Waals surface area contributed by atoms with Crippen molar-refractivity contribution < 1.29 is 4.79 Å². The number of carbonyl (C=O) groups is 1. The number of rotatable bonds is 7. The quantitative estimate of drug-likeness (QED) is 0.531. The van der Waals surface area contributed by atoms with Crippen LogP contribution in [0.25, 0.3) is 0 Å². The van der Waals surface area contributed by atoms with Crippen molar-refractivity contribution in [1.82, 2.24) is 5.32 Å². The average Bonchev–Trinajstić information content (AvgIpc) is 2.43. The third kappa shape index (κ3) is 5.21. The van der Waals surface area contributed by atoms with Gasteiger partial charge in [-0.25, -0.2) is 0 Å². The summed E-state index contributed by atoms with van der Waals surface area (Å²) in [6, 6.07) is 5.43. The van der Waals surface area contributed by atoms with Gasteiger partial charge in [0.25, 0.3) is 0 Å². The monoisotopic (exact) mass is 325 g/mol. The molecular formula is C15H23N3OS2. The number of thioether (sulfide) groups is 1. The van der Waals surface area contributed by atoms with E-state index in [1.165, 1.54) is 0 Å². The Morgan fingerprint density at radius 1 is 1.38 bits per heavy atom. The van der Waals surface area contributed by atoms with Gasteiger partial charge in [-0.3, -0.25) is 4.79 Å². The van der Waals surface area contributed by atoms with E-state index in [0.29, 0.717) is 17.5 Å². The number of carbonyl (C=O) groups excluding carboxylic acids is 1. The van der Waals surface area contributed by atoms with Crippen LogP contribution in [0.2, 0.25) is 0 Å². The summed E-state index contributed by atoms with van der Waals surface area (Å²) in [6.45, 7) is 6.61. The molecule has 4 nitrogen and oxygen atoms in total. The Bertz CT molecular complexity index is 518. The Labute approximate surface area is 136 Å². The summed E-state index contributed by atoms with van der Waals surface area (Å²) in [5, 5.41) is 6.11. The highest BCUT2D eigenvalue weighted by Gasteiger charge is 2.16. The van der Waals surface area contributed by atoms with Crippen molar-refractivity contribution in [2.45, 2.75) is 31.7 Å². The lowest BCUT2D eigenvalue weighted by Gasteiger charge is -2.19. The Morgan fingerprint density at radius 3 is 2.57 bits per heavy atom. The fraction of sp³-hybridized carbons (Fsp3) is 0.467. The van der Waals surface area contributed by atoms with Gasteiger partial charge in [0.05, 0.1) is 0 Å². The molecule has 1 amide bonds. The number of anilines is 1. The first kappa shape index (κ1) is 17.8. The molecule has 0 bridgehead atoms. The second-order valence-corrected chi connectivity index (χ2v) is 6.54. The molecule has 0 saturated heterocycles. The van der Waals surface area contributed by atoms with Gasteiger partial charge in [0.2, 0.25) is 5.91 Å². The Hall–Kier alpha value is -1.27. The maximum absolute atomic E-state index is 12.0. The molecule has 1 atom stereocenters. The van der Waals surface area contributed by atoms with E-state index in [1.54, 1.807) is 11.8 Å². The van der Waals surface area contributed by atoms with Crippen LogP contribution in [0.4, 0.5) is 5.69 Å². The number of nitrogens with two attached hydrogens (primary N) is 1. The molecule has 1 rings (SSSR count). The van der Waals surface area contributed by atoms with Crippen LogP contribution in [-0.2, 0) is 4.79 Å². The van der Waals surface area contributed by atoms with Gasteiger partial charge in [-0.1, -0.05) is 32.1 Å². The minimum atomic E-state index is -0.353. The molecule has 0 aromatic heterocycles. The number of amides is 1. The van der Waals surface area contributed by atoms with Gasteiger partial charge < -0.3 is 16.4 Å². The number of hydrogen-bond donors (Lipinski definition) is 3. The Kier molecular flexibility index (Phi) is 6.98. The molecule has 0 aliphatic heterocycles. The molecule has 0 spiro atoms. The molecule has 116 valence electrons. The van der Waals surface area contributed by atoms with Crippen molar-refractivity contribution in [3.8, 4) is 0 Å². The second-order valence-electron chi connectivity index (χ2n) is 5.25. The molecule has 21 heavy (non-hydrogen) atoms. The second kappa shape index (κ2) is 8.24. The van der Waals surface area contributed by atoms with E-state index in [2.05, 4.69) is 24.5 Å². The van der Waals surface area contributed by atoms with Gasteiger partial charge in [0.15, 0.2) is 0 Å². The average molecular weight is 326 g/mol. The third-order valence-electron chi connectivity index (χ3n) is 2.94. The highest BCUT2D eigenvalue weighted by atomic mass is 32.2. The highest BCUT2D eigenvalue weighted by molar-refractivity contribution is 7.98. The summed E-state index contributed by atoms with van der Waals surface area (Å²) in [6.07, 6.45) is 1.97. The van der Waals surface area contributed by atoms with E-state index >= 15 is 0 Å². The number of nitrogens with one attached hydrogen (secondary N) is 2. The molecule has 4 N–H and O–H groups in total. The highest BCUT2D eigenvalue weighted by Crippen LogP contribution is 2.27. The van der Waals surface area contributed by atoms with Gasteiger partial charge in [-0.2, -0.15) is 0 Å². The van der Waals surface area contributed by atoms with Crippen LogP contribution in [-0.4, -0.2) is 29.7 Å². The molecular weight excluding hydrogens is 302 g/mol. The van der Waals surface area contributed by atoms with Gasteiger partial charge in [0.1, 0.15) is 11.0 Å². The lowest BCUT2D eigenvalue weighted by atomic mass is 10.1. The van der Waals surface area contributed by atoms with E-state index < -0.39 is 0 Å². The predicted molar refractivity (Wildman–Crippen MR) is 95.0 cm³/mol. The zero-order valence-electron chi connectivity index (χ0n) is 12.9. The fourth-order valence-corrected chi connectivity index (χ4v) is 2.76.